The quantitative estimate of drug-likeness (QED) is 0.834. The summed E-state index contributed by atoms with van der Waals surface area (Å²) >= 11 is 5.20. The van der Waals surface area contributed by atoms with Crippen molar-refractivity contribution in [3.05, 3.63) is 29.3 Å². The number of hydrogen-bond donors (Lipinski definition) is 2. The van der Waals surface area contributed by atoms with Crippen LogP contribution in [-0.4, -0.2) is 11.0 Å². The first kappa shape index (κ1) is 15.0. The molecule has 4 heteroatoms. The number of thiocarbonyl (C=S) groups is 1. The average molecular weight is 290 g/mol. The monoisotopic (exact) mass is 290 g/mol. The lowest BCUT2D eigenvalue weighted by atomic mass is 10.0. The molecular formula is C16H22N2OS. The summed E-state index contributed by atoms with van der Waals surface area (Å²) in [5, 5.41) is 6.26. The highest BCUT2D eigenvalue weighted by molar-refractivity contribution is 7.80. The van der Waals surface area contributed by atoms with Gasteiger partial charge in [0, 0.05) is 12.1 Å². The molecule has 20 heavy (non-hydrogen) atoms. The van der Waals surface area contributed by atoms with Crippen molar-refractivity contribution in [3.63, 3.8) is 0 Å². The van der Waals surface area contributed by atoms with Gasteiger partial charge in [0.05, 0.1) is 0 Å². The van der Waals surface area contributed by atoms with E-state index in [1.54, 1.807) is 0 Å². The largest absolute Gasteiger partial charge is 0.332 e. The van der Waals surface area contributed by atoms with Crippen LogP contribution in [0, 0.1) is 19.8 Å². The summed E-state index contributed by atoms with van der Waals surface area (Å²) in [7, 11) is 0. The summed E-state index contributed by atoms with van der Waals surface area (Å²) in [5.41, 5.74) is 3.28. The molecule has 1 aromatic carbocycles. The maximum Gasteiger partial charge on any atom is 0.226 e. The van der Waals surface area contributed by atoms with E-state index in [4.69, 9.17) is 12.2 Å². The summed E-state index contributed by atoms with van der Waals surface area (Å²) in [5.74, 6) is 0.568. The second kappa shape index (κ2) is 6.84. The van der Waals surface area contributed by atoms with Crippen LogP contribution in [-0.2, 0) is 4.79 Å². The first-order valence-corrected chi connectivity index (χ1v) is 7.63. The fourth-order valence-electron chi connectivity index (χ4n) is 2.76. The maximum absolute atomic E-state index is 11.9. The Morgan fingerprint density at radius 2 is 2.00 bits per heavy atom. The Bertz CT molecular complexity index is 507. The van der Waals surface area contributed by atoms with E-state index < -0.39 is 0 Å². The van der Waals surface area contributed by atoms with Crippen molar-refractivity contribution in [1.82, 2.24) is 5.32 Å². The average Bonchev–Trinajstić information content (AvgIpc) is 2.85. The Labute approximate surface area is 126 Å². The van der Waals surface area contributed by atoms with E-state index in [1.807, 2.05) is 19.1 Å². The van der Waals surface area contributed by atoms with E-state index in [9.17, 15) is 4.79 Å². The number of benzene rings is 1. The van der Waals surface area contributed by atoms with Crippen LogP contribution in [0.4, 0.5) is 5.69 Å². The SMILES string of the molecule is Cc1ccc(NC(=S)NC(=O)CC2CCCC2)c(C)c1. The minimum Gasteiger partial charge on any atom is -0.332 e. The molecule has 1 aliphatic carbocycles. The topological polar surface area (TPSA) is 41.1 Å². The van der Waals surface area contributed by atoms with Gasteiger partial charge in [0.2, 0.25) is 5.91 Å². The van der Waals surface area contributed by atoms with E-state index in [0.717, 1.165) is 11.3 Å². The standard InChI is InChI=1S/C16H22N2OS/c1-11-7-8-14(12(2)9-11)17-16(20)18-15(19)10-13-5-3-4-6-13/h7-9,13H,3-6,10H2,1-2H3,(H2,17,18,19,20). The molecule has 2 rings (SSSR count). The molecule has 0 unspecified atom stereocenters. The molecule has 0 atom stereocenters. The van der Waals surface area contributed by atoms with Crippen LogP contribution in [0.15, 0.2) is 18.2 Å². The second-order valence-electron chi connectivity index (χ2n) is 5.68. The molecule has 1 fully saturated rings. The highest BCUT2D eigenvalue weighted by atomic mass is 32.1. The second-order valence-corrected chi connectivity index (χ2v) is 6.08. The Morgan fingerprint density at radius 3 is 2.65 bits per heavy atom. The van der Waals surface area contributed by atoms with E-state index in [2.05, 4.69) is 23.6 Å². The molecule has 2 N–H and O–H groups in total. The predicted octanol–water partition coefficient (Wildman–Crippen LogP) is 3.70. The summed E-state index contributed by atoms with van der Waals surface area (Å²) in [4.78, 5) is 11.9. The van der Waals surface area contributed by atoms with Crippen molar-refractivity contribution in [1.29, 1.82) is 0 Å². The van der Waals surface area contributed by atoms with Crippen molar-refractivity contribution in [3.8, 4) is 0 Å². The number of amides is 1. The summed E-state index contributed by atoms with van der Waals surface area (Å²) in [6.45, 7) is 4.08. The minimum absolute atomic E-state index is 0.0270. The fourth-order valence-corrected chi connectivity index (χ4v) is 2.99. The molecule has 1 saturated carbocycles. The third kappa shape index (κ3) is 4.30. The molecule has 0 spiro atoms. The van der Waals surface area contributed by atoms with Crippen LogP contribution in [0.2, 0.25) is 0 Å². The Morgan fingerprint density at radius 1 is 1.30 bits per heavy atom. The third-order valence-electron chi connectivity index (χ3n) is 3.83. The van der Waals surface area contributed by atoms with Gasteiger partial charge >= 0.3 is 0 Å². The van der Waals surface area contributed by atoms with Gasteiger partial charge in [0.1, 0.15) is 0 Å². The molecular weight excluding hydrogens is 268 g/mol. The van der Waals surface area contributed by atoms with Crippen LogP contribution >= 0.6 is 12.2 Å². The van der Waals surface area contributed by atoms with E-state index in [0.29, 0.717) is 17.5 Å². The van der Waals surface area contributed by atoms with Crippen LogP contribution in [0.5, 0.6) is 0 Å². The molecule has 0 aromatic heterocycles. The van der Waals surface area contributed by atoms with Gasteiger partial charge in [-0.1, -0.05) is 30.5 Å². The molecule has 1 aromatic rings. The Hall–Kier alpha value is -1.42. The van der Waals surface area contributed by atoms with Gasteiger partial charge in [-0.2, -0.15) is 0 Å². The molecule has 0 saturated heterocycles. The summed E-state index contributed by atoms with van der Waals surface area (Å²) < 4.78 is 0. The lowest BCUT2D eigenvalue weighted by molar-refractivity contribution is -0.120. The Kier molecular flexibility index (Phi) is 5.12. The number of nitrogens with one attached hydrogen (secondary N) is 2. The molecule has 0 heterocycles. The molecule has 0 radical (unpaired) electrons. The van der Waals surface area contributed by atoms with E-state index >= 15 is 0 Å². The minimum atomic E-state index is 0.0270. The van der Waals surface area contributed by atoms with Gasteiger partial charge in [-0.05, 0) is 56.5 Å². The van der Waals surface area contributed by atoms with Crippen molar-refractivity contribution < 1.29 is 4.79 Å². The number of hydrogen-bond acceptors (Lipinski definition) is 2. The third-order valence-corrected chi connectivity index (χ3v) is 4.04. The highest BCUT2D eigenvalue weighted by Crippen LogP contribution is 2.27. The fraction of sp³-hybridized carbons (Fsp3) is 0.500. The number of anilines is 1. The zero-order valence-corrected chi connectivity index (χ0v) is 13.0. The van der Waals surface area contributed by atoms with Crippen LogP contribution in [0.3, 0.4) is 0 Å². The van der Waals surface area contributed by atoms with Crippen molar-refractivity contribution in [2.45, 2.75) is 46.0 Å². The molecule has 0 bridgehead atoms. The Balaban J connectivity index is 1.83. The number of aryl methyl sites for hydroxylation is 2. The highest BCUT2D eigenvalue weighted by Gasteiger charge is 2.18. The molecule has 1 aliphatic rings. The lowest BCUT2D eigenvalue weighted by Crippen LogP contribution is -2.35. The maximum atomic E-state index is 11.9. The number of carbonyl (C=O) groups excluding carboxylic acids is 1. The molecule has 0 aliphatic heterocycles. The van der Waals surface area contributed by atoms with Crippen molar-refractivity contribution in [2.24, 2.45) is 5.92 Å². The normalized spacial score (nSPS) is 15.1. The summed E-state index contributed by atoms with van der Waals surface area (Å²) in [6, 6.07) is 6.10. The lowest BCUT2D eigenvalue weighted by Gasteiger charge is -2.13. The van der Waals surface area contributed by atoms with Gasteiger partial charge < -0.3 is 10.6 Å². The first-order chi connectivity index (χ1) is 9.54. The van der Waals surface area contributed by atoms with E-state index in [-0.39, 0.29) is 5.91 Å². The van der Waals surface area contributed by atoms with Gasteiger partial charge in [-0.3, -0.25) is 4.79 Å². The zero-order valence-electron chi connectivity index (χ0n) is 12.2. The molecule has 108 valence electrons. The van der Waals surface area contributed by atoms with E-state index in [1.165, 1.54) is 31.2 Å². The predicted molar refractivity (Wildman–Crippen MR) is 86.9 cm³/mol. The van der Waals surface area contributed by atoms with Gasteiger partial charge in [-0.25, -0.2) is 0 Å². The van der Waals surface area contributed by atoms with Gasteiger partial charge in [-0.15, -0.1) is 0 Å². The number of rotatable bonds is 3. The van der Waals surface area contributed by atoms with Gasteiger partial charge in [0.25, 0.3) is 0 Å². The van der Waals surface area contributed by atoms with Crippen molar-refractivity contribution in [2.75, 3.05) is 5.32 Å². The van der Waals surface area contributed by atoms with Gasteiger partial charge in [0.15, 0.2) is 5.11 Å². The molecule has 1 amide bonds. The van der Waals surface area contributed by atoms with Crippen LogP contribution in [0.25, 0.3) is 0 Å². The summed E-state index contributed by atoms with van der Waals surface area (Å²) in [6.07, 6.45) is 5.44. The number of carbonyl (C=O) groups is 1. The molecule has 3 nitrogen and oxygen atoms in total. The van der Waals surface area contributed by atoms with Crippen LogP contribution in [0.1, 0.15) is 43.2 Å². The first-order valence-electron chi connectivity index (χ1n) is 7.22. The van der Waals surface area contributed by atoms with Crippen molar-refractivity contribution >= 4 is 28.9 Å². The smallest absolute Gasteiger partial charge is 0.226 e. The zero-order chi connectivity index (χ0) is 14.5. The van der Waals surface area contributed by atoms with Crippen LogP contribution < -0.4 is 10.6 Å².